The van der Waals surface area contributed by atoms with Crippen LogP contribution < -0.4 is 16.7 Å². The molecule has 126 valence electrons. The number of rotatable bonds is 3. The lowest BCUT2D eigenvalue weighted by Gasteiger charge is -2.08. The number of carbonyl (C=O) groups is 1. The van der Waals surface area contributed by atoms with Gasteiger partial charge in [-0.3, -0.25) is 15.6 Å². The van der Waals surface area contributed by atoms with Crippen molar-refractivity contribution in [3.8, 4) is 0 Å². The molecule has 9 heteroatoms. The molecule has 0 heterocycles. The van der Waals surface area contributed by atoms with E-state index in [2.05, 4.69) is 10.5 Å². The van der Waals surface area contributed by atoms with E-state index in [9.17, 15) is 13.2 Å². The number of hydrogen-bond donors (Lipinski definition) is 3. The van der Waals surface area contributed by atoms with Gasteiger partial charge in [-0.05, 0) is 43.3 Å². The van der Waals surface area contributed by atoms with Crippen LogP contribution in [0, 0.1) is 6.92 Å². The highest BCUT2D eigenvalue weighted by molar-refractivity contribution is 8.08. The molecule has 0 spiro atoms. The fourth-order valence-corrected chi connectivity index (χ4v) is 3.08. The van der Waals surface area contributed by atoms with Gasteiger partial charge in [0.25, 0.3) is 5.91 Å². The van der Waals surface area contributed by atoms with Crippen LogP contribution in [0.3, 0.4) is 0 Å². The normalized spacial score (nSPS) is 11.9. The lowest BCUT2D eigenvalue weighted by molar-refractivity contribution is -0.114. The summed E-state index contributed by atoms with van der Waals surface area (Å²) in [5, 5.41) is 3.47. The third kappa shape index (κ3) is 4.10. The number of amides is 1. The average Bonchev–Trinajstić information content (AvgIpc) is 2.56. The lowest BCUT2D eigenvalue weighted by Crippen LogP contribution is -2.40. The van der Waals surface area contributed by atoms with E-state index in [4.69, 9.17) is 17.4 Å². The maximum Gasteiger partial charge on any atom is 0.297 e. The summed E-state index contributed by atoms with van der Waals surface area (Å²) in [6.07, 6.45) is 0. The molecule has 0 aliphatic carbocycles. The van der Waals surface area contributed by atoms with Crippen molar-refractivity contribution in [2.45, 2.75) is 11.8 Å². The first-order chi connectivity index (χ1) is 11.3. The molecule has 7 nitrogen and oxygen atoms in total. The molecule has 2 rings (SSSR count). The lowest BCUT2D eigenvalue weighted by atomic mass is 10.2. The van der Waals surface area contributed by atoms with E-state index in [0.29, 0.717) is 10.7 Å². The summed E-state index contributed by atoms with van der Waals surface area (Å²) in [6, 6.07) is 12.4. The minimum Gasteiger partial charge on any atom is -0.288 e. The Morgan fingerprint density at radius 1 is 1.08 bits per heavy atom. The van der Waals surface area contributed by atoms with E-state index in [1.165, 1.54) is 12.1 Å². The molecule has 0 bridgehead atoms. The number of hydrazone groups is 1. The topological polar surface area (TPSA) is 114 Å². The molecule has 0 aromatic heterocycles. The van der Waals surface area contributed by atoms with Gasteiger partial charge in [-0.1, -0.05) is 29.3 Å². The first kappa shape index (κ1) is 17.9. The van der Waals surface area contributed by atoms with Gasteiger partial charge in [0, 0.05) is 5.02 Å². The van der Waals surface area contributed by atoms with Gasteiger partial charge in [-0.15, -0.1) is 0 Å². The Morgan fingerprint density at radius 2 is 1.67 bits per heavy atom. The van der Waals surface area contributed by atoms with Crippen LogP contribution in [0.1, 0.15) is 5.56 Å². The van der Waals surface area contributed by atoms with Crippen LogP contribution in [0.5, 0.6) is 0 Å². The molecular formula is C15H15ClN4O3S. The molecule has 24 heavy (non-hydrogen) atoms. The zero-order valence-corrected chi connectivity index (χ0v) is 14.2. The molecule has 1 amide bonds. The standard InChI is InChI=1S/C15H15ClN4O3S/c1-10-2-8-13(9-3-10)24(22,23)15(14(21)18-17)20-19-12-6-4-11(16)5-7-12/h2-9,19H,17H2,1H3,(H,18,21). The van der Waals surface area contributed by atoms with Gasteiger partial charge in [-0.25, -0.2) is 14.3 Å². The number of halogens is 1. The van der Waals surface area contributed by atoms with Crippen molar-refractivity contribution in [2.75, 3.05) is 5.43 Å². The summed E-state index contributed by atoms with van der Waals surface area (Å²) >= 11 is 5.77. The van der Waals surface area contributed by atoms with E-state index in [1.54, 1.807) is 41.8 Å². The second-order valence-electron chi connectivity index (χ2n) is 4.83. The van der Waals surface area contributed by atoms with Crippen LogP contribution in [0.15, 0.2) is 58.5 Å². The van der Waals surface area contributed by atoms with Gasteiger partial charge in [0.15, 0.2) is 0 Å². The molecule has 0 radical (unpaired) electrons. The van der Waals surface area contributed by atoms with Crippen molar-refractivity contribution in [1.82, 2.24) is 5.43 Å². The number of hydrazine groups is 1. The summed E-state index contributed by atoms with van der Waals surface area (Å²) in [5.74, 6) is 4.04. The predicted molar refractivity (Wildman–Crippen MR) is 93.2 cm³/mol. The Kier molecular flexibility index (Phi) is 5.55. The molecule has 0 saturated heterocycles. The highest BCUT2D eigenvalue weighted by Crippen LogP contribution is 2.16. The van der Waals surface area contributed by atoms with E-state index in [-0.39, 0.29) is 4.90 Å². The van der Waals surface area contributed by atoms with E-state index in [1.807, 2.05) is 6.92 Å². The Morgan fingerprint density at radius 3 is 2.21 bits per heavy atom. The quantitative estimate of drug-likeness (QED) is 0.252. The molecular weight excluding hydrogens is 352 g/mol. The number of sulfone groups is 1. The summed E-state index contributed by atoms with van der Waals surface area (Å²) < 4.78 is 25.2. The predicted octanol–water partition coefficient (Wildman–Crippen LogP) is 1.84. The molecule has 2 aromatic carbocycles. The largest absolute Gasteiger partial charge is 0.297 e. The summed E-state index contributed by atoms with van der Waals surface area (Å²) in [4.78, 5) is 11.8. The average molecular weight is 367 g/mol. The molecule has 0 fully saturated rings. The molecule has 0 saturated carbocycles. The highest BCUT2D eigenvalue weighted by Gasteiger charge is 2.29. The third-order valence-corrected chi connectivity index (χ3v) is 4.97. The number of nitrogens with zero attached hydrogens (tertiary/aromatic N) is 1. The first-order valence-electron chi connectivity index (χ1n) is 6.76. The zero-order valence-electron chi connectivity index (χ0n) is 12.7. The van der Waals surface area contributed by atoms with Crippen molar-refractivity contribution in [3.63, 3.8) is 0 Å². The number of nitrogens with two attached hydrogens (primary N) is 1. The molecule has 2 aromatic rings. The van der Waals surface area contributed by atoms with Gasteiger partial charge in [-0.2, -0.15) is 5.10 Å². The van der Waals surface area contributed by atoms with Gasteiger partial charge < -0.3 is 0 Å². The van der Waals surface area contributed by atoms with Crippen LogP contribution in [-0.2, 0) is 14.6 Å². The maximum atomic E-state index is 12.6. The Bertz CT molecular complexity index is 863. The van der Waals surface area contributed by atoms with Gasteiger partial charge in [0.1, 0.15) is 0 Å². The maximum absolute atomic E-state index is 12.6. The Balaban J connectivity index is 2.40. The fourth-order valence-electron chi connectivity index (χ4n) is 1.76. The molecule has 0 atom stereocenters. The number of nitrogens with one attached hydrogen (secondary N) is 2. The molecule has 4 N–H and O–H groups in total. The number of anilines is 1. The van der Waals surface area contributed by atoms with Gasteiger partial charge in [0.05, 0.1) is 10.6 Å². The van der Waals surface area contributed by atoms with Crippen molar-refractivity contribution in [2.24, 2.45) is 10.9 Å². The van der Waals surface area contributed by atoms with Crippen molar-refractivity contribution >= 4 is 38.1 Å². The minimum absolute atomic E-state index is 0.0617. The number of carbonyl (C=O) groups excluding carboxylic acids is 1. The molecule has 0 aliphatic heterocycles. The van der Waals surface area contributed by atoms with Gasteiger partial charge in [0.2, 0.25) is 14.9 Å². The highest BCUT2D eigenvalue weighted by atomic mass is 35.5. The van der Waals surface area contributed by atoms with Gasteiger partial charge >= 0.3 is 0 Å². The van der Waals surface area contributed by atoms with Crippen LogP contribution in [0.4, 0.5) is 5.69 Å². The van der Waals surface area contributed by atoms with Crippen LogP contribution >= 0.6 is 11.6 Å². The number of hydrogen-bond acceptors (Lipinski definition) is 6. The Labute approximate surface area is 144 Å². The van der Waals surface area contributed by atoms with Crippen LogP contribution in [0.2, 0.25) is 5.02 Å². The second-order valence-corrected chi connectivity index (χ2v) is 7.13. The van der Waals surface area contributed by atoms with Crippen LogP contribution in [-0.4, -0.2) is 19.4 Å². The summed E-state index contributed by atoms with van der Waals surface area (Å²) in [6.45, 7) is 1.82. The number of aryl methyl sites for hydroxylation is 1. The summed E-state index contributed by atoms with van der Waals surface area (Å²) in [5.41, 5.74) is 5.64. The first-order valence-corrected chi connectivity index (χ1v) is 8.62. The van der Waals surface area contributed by atoms with Crippen molar-refractivity contribution < 1.29 is 13.2 Å². The SMILES string of the molecule is Cc1ccc(S(=O)(=O)C(=NNc2ccc(Cl)cc2)C(=O)NN)cc1. The second kappa shape index (κ2) is 7.43. The van der Waals surface area contributed by atoms with E-state index >= 15 is 0 Å². The van der Waals surface area contributed by atoms with E-state index < -0.39 is 20.8 Å². The minimum atomic E-state index is -4.14. The van der Waals surface area contributed by atoms with Crippen LogP contribution in [0.25, 0.3) is 0 Å². The summed E-state index contributed by atoms with van der Waals surface area (Å²) in [7, 11) is -4.14. The molecule has 0 aliphatic rings. The van der Waals surface area contributed by atoms with Crippen molar-refractivity contribution in [3.05, 3.63) is 59.1 Å². The van der Waals surface area contributed by atoms with Crippen molar-refractivity contribution in [1.29, 1.82) is 0 Å². The third-order valence-electron chi connectivity index (χ3n) is 3.04. The zero-order chi connectivity index (χ0) is 17.7. The number of benzene rings is 2. The monoisotopic (exact) mass is 366 g/mol. The van der Waals surface area contributed by atoms with E-state index in [0.717, 1.165) is 5.56 Å². The smallest absolute Gasteiger partial charge is 0.288 e. The molecule has 0 unspecified atom stereocenters. The Hall–Kier alpha value is -2.42. The fraction of sp³-hybridized carbons (Fsp3) is 0.0667.